The third-order valence-electron chi connectivity index (χ3n) is 7.49. The zero-order valence-electron chi connectivity index (χ0n) is 22.4. The van der Waals surface area contributed by atoms with Gasteiger partial charge in [-0.3, -0.25) is 19.5 Å². The first-order chi connectivity index (χ1) is 18.7. The molecule has 2 aliphatic rings. The van der Waals surface area contributed by atoms with E-state index in [0.29, 0.717) is 64.5 Å². The molecule has 6 heterocycles. The minimum absolute atomic E-state index is 0.110. The fourth-order valence-electron chi connectivity index (χ4n) is 5.32. The van der Waals surface area contributed by atoms with Crippen LogP contribution in [0.4, 0.5) is 13.2 Å². The van der Waals surface area contributed by atoms with Gasteiger partial charge in [0.2, 0.25) is 5.62 Å². The number of alkyl halides is 3. The lowest BCUT2D eigenvalue weighted by molar-refractivity contribution is -0.142. The molecule has 0 radical (unpaired) electrons. The highest BCUT2D eigenvalue weighted by atomic mass is 19.3. The molecular formula is C25H30F3N9O. The van der Waals surface area contributed by atoms with E-state index in [1.54, 1.807) is 32.2 Å². The minimum Gasteiger partial charge on any atom is -0.377 e. The standard InChI is InChI=1S/C25H30F3N9O/c1-14-30-19-5-4-17(31-23(19)36(14)11-20(27)28)15-6-9-37-21(15)22(29-3)33-24(34-37)32-18-7-8-35(10-16(18)26)25(2)12-38-13-25/h4-6,9,16,18,20H,7-8,10-13H2,1-3H3,(H2,29,32,33,34)/t16-,18+/m0/s1/i9D. The van der Waals surface area contributed by atoms with Crippen molar-refractivity contribution >= 4 is 16.7 Å². The number of piperidine rings is 1. The summed E-state index contributed by atoms with van der Waals surface area (Å²) in [4.78, 5) is 23.2. The summed E-state index contributed by atoms with van der Waals surface area (Å²) in [6, 6.07) is 4.53. The maximum absolute atomic E-state index is 15.2. The van der Waals surface area contributed by atoms with Crippen molar-refractivity contribution < 1.29 is 19.3 Å². The molecule has 0 bridgehead atoms. The topological polar surface area (TPSA) is 104 Å². The molecule has 4 aromatic rings. The number of rotatable bonds is 5. The molecule has 202 valence electrons. The van der Waals surface area contributed by atoms with Crippen LogP contribution in [0.5, 0.6) is 0 Å². The predicted molar refractivity (Wildman–Crippen MR) is 135 cm³/mol. The molecule has 2 aliphatic heterocycles. The summed E-state index contributed by atoms with van der Waals surface area (Å²) in [5.41, 5.74) is 3.06. The van der Waals surface area contributed by atoms with Crippen molar-refractivity contribution in [1.29, 1.82) is 0 Å². The molecule has 2 fully saturated rings. The third kappa shape index (κ3) is 4.23. The molecule has 0 saturated carbocycles. The van der Waals surface area contributed by atoms with E-state index in [9.17, 15) is 8.78 Å². The summed E-state index contributed by atoms with van der Waals surface area (Å²) in [6.07, 6.45) is -3.04. The summed E-state index contributed by atoms with van der Waals surface area (Å²) in [5, 5.41) is 3.07. The van der Waals surface area contributed by atoms with Crippen LogP contribution in [0, 0.1) is 6.92 Å². The second kappa shape index (κ2) is 9.38. The van der Waals surface area contributed by atoms with Crippen molar-refractivity contribution in [1.82, 2.24) is 34.0 Å². The van der Waals surface area contributed by atoms with Crippen molar-refractivity contribution in [3.63, 3.8) is 0 Å². The number of aromatic nitrogens is 6. The molecule has 38 heavy (non-hydrogen) atoms. The van der Waals surface area contributed by atoms with Crippen molar-refractivity contribution in [3.8, 4) is 11.3 Å². The lowest BCUT2D eigenvalue weighted by Gasteiger charge is -2.50. The molecule has 2 atom stereocenters. The maximum Gasteiger partial charge on any atom is 0.256 e. The van der Waals surface area contributed by atoms with E-state index in [1.807, 2.05) is 0 Å². The highest BCUT2D eigenvalue weighted by Crippen LogP contribution is 2.29. The number of H-pyrrole nitrogens is 2. The van der Waals surface area contributed by atoms with Gasteiger partial charge in [0.05, 0.1) is 38.4 Å². The molecular weight excluding hydrogens is 499 g/mol. The normalized spacial score (nSPS) is 23.5. The van der Waals surface area contributed by atoms with Gasteiger partial charge in [-0.25, -0.2) is 28.1 Å². The Morgan fingerprint density at radius 3 is 2.79 bits per heavy atom. The fraction of sp³-hybridized carbons (Fsp3) is 0.520. The summed E-state index contributed by atoms with van der Waals surface area (Å²) >= 11 is 0. The molecule has 0 amide bonds. The van der Waals surface area contributed by atoms with Crippen LogP contribution in [0.15, 0.2) is 34.4 Å². The van der Waals surface area contributed by atoms with Crippen molar-refractivity contribution in [2.45, 2.75) is 51.0 Å². The van der Waals surface area contributed by atoms with Crippen LogP contribution in [0.2, 0.25) is 0 Å². The van der Waals surface area contributed by atoms with Crippen LogP contribution in [0.25, 0.3) is 27.9 Å². The second-order valence-electron chi connectivity index (χ2n) is 10.2. The number of hydrogen-bond acceptors (Lipinski definition) is 6. The van der Waals surface area contributed by atoms with Gasteiger partial charge in [0, 0.05) is 31.9 Å². The van der Waals surface area contributed by atoms with Crippen molar-refractivity contribution in [2.75, 3.05) is 33.4 Å². The Bertz CT molecular complexity index is 1680. The Balaban J connectivity index is 1.39. The Labute approximate surface area is 217 Å². The molecule has 0 spiro atoms. The number of aromatic amines is 2. The van der Waals surface area contributed by atoms with E-state index in [0.717, 1.165) is 6.54 Å². The van der Waals surface area contributed by atoms with Crippen LogP contribution < -0.4 is 11.1 Å². The fourth-order valence-corrected chi connectivity index (χ4v) is 5.32. The van der Waals surface area contributed by atoms with Crippen molar-refractivity contribution in [2.24, 2.45) is 9.98 Å². The second-order valence-corrected chi connectivity index (χ2v) is 10.2. The van der Waals surface area contributed by atoms with Crippen LogP contribution in [-0.4, -0.2) is 91.6 Å². The number of aryl methyl sites for hydroxylation is 1. The van der Waals surface area contributed by atoms with E-state index in [-0.39, 0.29) is 18.3 Å². The number of fused-ring (bicyclic) bond motifs is 2. The Hall–Kier alpha value is -3.45. The molecule has 0 aromatic carbocycles. The largest absolute Gasteiger partial charge is 0.377 e. The molecule has 2 N–H and O–H groups in total. The molecule has 2 saturated heterocycles. The van der Waals surface area contributed by atoms with E-state index in [2.05, 4.69) is 41.9 Å². The highest BCUT2D eigenvalue weighted by molar-refractivity contribution is 5.82. The third-order valence-corrected chi connectivity index (χ3v) is 7.49. The average molecular weight is 531 g/mol. The molecule has 10 nitrogen and oxygen atoms in total. The summed E-state index contributed by atoms with van der Waals surface area (Å²) in [6.45, 7) is 5.46. The lowest BCUT2D eigenvalue weighted by Crippen LogP contribution is -2.64. The van der Waals surface area contributed by atoms with Gasteiger partial charge in [0.15, 0.2) is 11.1 Å². The Morgan fingerprint density at radius 1 is 1.29 bits per heavy atom. The van der Waals surface area contributed by atoms with Crippen molar-refractivity contribution in [3.05, 3.63) is 41.3 Å². The van der Waals surface area contributed by atoms with Crippen LogP contribution >= 0.6 is 0 Å². The smallest absolute Gasteiger partial charge is 0.256 e. The van der Waals surface area contributed by atoms with Gasteiger partial charge in [-0.05, 0) is 38.5 Å². The van der Waals surface area contributed by atoms with Gasteiger partial charge in [-0.1, -0.05) is 0 Å². The van der Waals surface area contributed by atoms with Gasteiger partial charge in [-0.2, -0.15) is 0 Å². The number of nitrogens with zero attached hydrogens (tertiary/aromatic N) is 7. The van der Waals surface area contributed by atoms with Gasteiger partial charge in [-0.15, -0.1) is 0 Å². The predicted octanol–water partition coefficient (Wildman–Crippen LogP) is 2.21. The molecule has 4 aromatic heterocycles. The Kier molecular flexibility index (Phi) is 5.84. The quantitative estimate of drug-likeness (QED) is 0.413. The SMILES string of the molecule is [2H]c1cc(-c2ccc3nc(C)n(CC(F)F)c3n2)c2c(=NC)[nH]c(=N[C@@H]3CCN(C4(C)COC4)C[C@@H]3F)[nH]n12. The maximum atomic E-state index is 15.2. The number of ether oxygens (including phenoxy) is 1. The average Bonchev–Trinajstić information content (AvgIpc) is 3.38. The number of hydrogen-bond donors (Lipinski definition) is 2. The number of pyridine rings is 1. The van der Waals surface area contributed by atoms with Crippen LogP contribution in [0.3, 0.4) is 0 Å². The summed E-state index contributed by atoms with van der Waals surface area (Å²) in [7, 11) is 1.60. The summed E-state index contributed by atoms with van der Waals surface area (Å²) in [5.74, 6) is 0.446. The first kappa shape index (κ1) is 23.7. The molecule has 0 unspecified atom stereocenters. The number of likely N-dealkylation sites (tertiary alicyclic amines) is 1. The monoisotopic (exact) mass is 530 g/mol. The van der Waals surface area contributed by atoms with E-state index < -0.39 is 25.2 Å². The highest BCUT2D eigenvalue weighted by Gasteiger charge is 2.43. The first-order valence-electron chi connectivity index (χ1n) is 13.1. The first-order valence-corrected chi connectivity index (χ1v) is 12.6. The minimum atomic E-state index is -2.55. The zero-order chi connectivity index (χ0) is 27.5. The number of imidazole rings is 1. The van der Waals surface area contributed by atoms with Crippen LogP contribution in [0.1, 0.15) is 20.5 Å². The van der Waals surface area contributed by atoms with Crippen LogP contribution in [-0.2, 0) is 11.3 Å². The van der Waals surface area contributed by atoms with Gasteiger partial charge < -0.3 is 14.3 Å². The molecule has 0 aliphatic carbocycles. The molecule has 13 heteroatoms. The molecule has 6 rings (SSSR count). The van der Waals surface area contributed by atoms with E-state index in [1.165, 1.54) is 9.08 Å². The number of nitrogens with one attached hydrogen (secondary N) is 2. The van der Waals surface area contributed by atoms with Gasteiger partial charge >= 0.3 is 0 Å². The Morgan fingerprint density at radius 2 is 2.11 bits per heavy atom. The van der Waals surface area contributed by atoms with E-state index >= 15 is 4.39 Å². The van der Waals surface area contributed by atoms with Gasteiger partial charge in [0.25, 0.3) is 6.43 Å². The zero-order valence-corrected chi connectivity index (χ0v) is 21.4. The van der Waals surface area contributed by atoms with E-state index in [4.69, 9.17) is 6.11 Å². The number of halogens is 3. The van der Waals surface area contributed by atoms with Gasteiger partial charge in [0.1, 0.15) is 23.0 Å². The summed E-state index contributed by atoms with van der Waals surface area (Å²) < 4.78 is 58.4. The lowest BCUT2D eigenvalue weighted by atomic mass is 9.92.